The fraction of sp³-hybridized carbons (Fsp3) is 0.400. The summed E-state index contributed by atoms with van der Waals surface area (Å²) in [6.07, 6.45) is 3.50. The van der Waals surface area contributed by atoms with Crippen LogP contribution in [0.2, 0.25) is 0 Å². The standard InChI is InChI=1S/C15H22N6O/c1-4-22-14-12(6-5-8-17-14)10-18-15(16-2)19-11-13-7-9-20-21(13)3/h5-9H,4,10-11H2,1-3H3,(H2,16,18,19). The Balaban J connectivity index is 1.90. The number of nitrogens with zero attached hydrogens (tertiary/aromatic N) is 4. The largest absolute Gasteiger partial charge is 0.478 e. The van der Waals surface area contributed by atoms with Gasteiger partial charge in [0.2, 0.25) is 5.88 Å². The highest BCUT2D eigenvalue weighted by Gasteiger charge is 2.06. The lowest BCUT2D eigenvalue weighted by Gasteiger charge is -2.13. The Kier molecular flexibility index (Phi) is 5.76. The Morgan fingerprint density at radius 3 is 2.77 bits per heavy atom. The topological polar surface area (TPSA) is 76.4 Å². The molecule has 7 nitrogen and oxygen atoms in total. The highest BCUT2D eigenvalue weighted by Crippen LogP contribution is 2.13. The van der Waals surface area contributed by atoms with Gasteiger partial charge in [-0.2, -0.15) is 5.10 Å². The Morgan fingerprint density at radius 1 is 1.27 bits per heavy atom. The third-order valence-corrected chi connectivity index (χ3v) is 3.16. The van der Waals surface area contributed by atoms with E-state index < -0.39 is 0 Å². The number of hydrogen-bond acceptors (Lipinski definition) is 4. The Hall–Kier alpha value is -2.57. The smallest absolute Gasteiger partial charge is 0.218 e. The molecule has 2 N–H and O–H groups in total. The summed E-state index contributed by atoms with van der Waals surface area (Å²) < 4.78 is 7.34. The predicted molar refractivity (Wildman–Crippen MR) is 85.7 cm³/mol. The zero-order chi connectivity index (χ0) is 15.8. The van der Waals surface area contributed by atoms with Crippen LogP contribution in [0.4, 0.5) is 0 Å². The lowest BCUT2D eigenvalue weighted by atomic mass is 10.2. The first-order valence-electron chi connectivity index (χ1n) is 7.22. The van der Waals surface area contributed by atoms with Crippen molar-refractivity contribution in [3.8, 4) is 5.88 Å². The van der Waals surface area contributed by atoms with Gasteiger partial charge in [-0.15, -0.1) is 0 Å². The first-order chi connectivity index (χ1) is 10.7. The van der Waals surface area contributed by atoms with E-state index in [0.29, 0.717) is 31.5 Å². The summed E-state index contributed by atoms with van der Waals surface area (Å²) in [5.41, 5.74) is 2.08. The van der Waals surface area contributed by atoms with E-state index >= 15 is 0 Å². The maximum Gasteiger partial charge on any atom is 0.218 e. The Bertz CT molecular complexity index is 622. The molecule has 7 heteroatoms. The zero-order valence-electron chi connectivity index (χ0n) is 13.2. The predicted octanol–water partition coefficient (Wildman–Crippen LogP) is 1.08. The Labute approximate surface area is 130 Å². The minimum Gasteiger partial charge on any atom is -0.478 e. The maximum atomic E-state index is 5.51. The summed E-state index contributed by atoms with van der Waals surface area (Å²) in [7, 11) is 3.66. The van der Waals surface area contributed by atoms with Gasteiger partial charge in [0, 0.05) is 38.6 Å². The molecule has 0 aromatic carbocycles. The molecule has 0 fully saturated rings. The quantitative estimate of drug-likeness (QED) is 0.617. The van der Waals surface area contributed by atoms with Gasteiger partial charge in [-0.25, -0.2) is 4.98 Å². The fourth-order valence-electron chi connectivity index (χ4n) is 1.97. The van der Waals surface area contributed by atoms with Crippen molar-refractivity contribution in [1.29, 1.82) is 0 Å². The van der Waals surface area contributed by atoms with Crippen LogP contribution in [0.1, 0.15) is 18.2 Å². The minimum atomic E-state index is 0.592. The van der Waals surface area contributed by atoms with Gasteiger partial charge in [0.1, 0.15) is 0 Å². The van der Waals surface area contributed by atoms with E-state index in [2.05, 4.69) is 25.7 Å². The average Bonchev–Trinajstić information content (AvgIpc) is 2.94. The summed E-state index contributed by atoms with van der Waals surface area (Å²) in [5, 5.41) is 10.6. The van der Waals surface area contributed by atoms with E-state index in [1.807, 2.05) is 36.9 Å². The summed E-state index contributed by atoms with van der Waals surface area (Å²) in [6, 6.07) is 5.85. The van der Waals surface area contributed by atoms with E-state index in [0.717, 1.165) is 11.3 Å². The van der Waals surface area contributed by atoms with Crippen molar-refractivity contribution in [2.24, 2.45) is 12.0 Å². The molecule has 0 aliphatic carbocycles. The van der Waals surface area contributed by atoms with Gasteiger partial charge < -0.3 is 15.4 Å². The van der Waals surface area contributed by atoms with Crippen molar-refractivity contribution in [3.05, 3.63) is 41.9 Å². The summed E-state index contributed by atoms with van der Waals surface area (Å²) in [5.74, 6) is 1.37. The van der Waals surface area contributed by atoms with Gasteiger partial charge in [0.25, 0.3) is 0 Å². The number of pyridine rings is 1. The summed E-state index contributed by atoms with van der Waals surface area (Å²) >= 11 is 0. The van der Waals surface area contributed by atoms with Crippen LogP contribution in [-0.2, 0) is 20.1 Å². The van der Waals surface area contributed by atoms with E-state index in [1.54, 1.807) is 19.4 Å². The number of aliphatic imine (C=N–C) groups is 1. The molecule has 0 aliphatic rings. The molecule has 2 aromatic heterocycles. The van der Waals surface area contributed by atoms with Crippen molar-refractivity contribution >= 4 is 5.96 Å². The molecule has 22 heavy (non-hydrogen) atoms. The van der Waals surface area contributed by atoms with Gasteiger partial charge in [-0.3, -0.25) is 9.67 Å². The van der Waals surface area contributed by atoms with Crippen molar-refractivity contribution in [1.82, 2.24) is 25.4 Å². The van der Waals surface area contributed by atoms with Gasteiger partial charge in [0.15, 0.2) is 5.96 Å². The molecule has 2 heterocycles. The number of ether oxygens (including phenoxy) is 1. The molecular weight excluding hydrogens is 280 g/mol. The van der Waals surface area contributed by atoms with E-state index in [1.165, 1.54) is 0 Å². The number of aryl methyl sites for hydroxylation is 1. The van der Waals surface area contributed by atoms with Crippen molar-refractivity contribution < 1.29 is 4.74 Å². The van der Waals surface area contributed by atoms with Crippen LogP contribution in [0.3, 0.4) is 0 Å². The van der Waals surface area contributed by atoms with Crippen molar-refractivity contribution in [3.63, 3.8) is 0 Å². The fourth-order valence-corrected chi connectivity index (χ4v) is 1.97. The monoisotopic (exact) mass is 302 g/mol. The molecule has 0 atom stereocenters. The molecule has 0 amide bonds. The SMILES string of the molecule is CCOc1ncccc1CNC(=NC)NCc1ccnn1C. The highest BCUT2D eigenvalue weighted by molar-refractivity contribution is 5.79. The third-order valence-electron chi connectivity index (χ3n) is 3.16. The first kappa shape index (κ1) is 15.8. The van der Waals surface area contributed by atoms with Crippen LogP contribution < -0.4 is 15.4 Å². The van der Waals surface area contributed by atoms with Crippen LogP contribution in [0.5, 0.6) is 5.88 Å². The van der Waals surface area contributed by atoms with Gasteiger partial charge in [-0.1, -0.05) is 6.07 Å². The van der Waals surface area contributed by atoms with E-state index in [-0.39, 0.29) is 0 Å². The maximum absolute atomic E-state index is 5.51. The second-order valence-electron chi connectivity index (χ2n) is 4.63. The van der Waals surface area contributed by atoms with Crippen molar-refractivity contribution in [2.75, 3.05) is 13.7 Å². The second-order valence-corrected chi connectivity index (χ2v) is 4.63. The molecule has 0 unspecified atom stereocenters. The number of hydrogen-bond donors (Lipinski definition) is 2. The molecule has 2 aromatic rings. The van der Waals surface area contributed by atoms with Crippen LogP contribution >= 0.6 is 0 Å². The number of guanidine groups is 1. The molecular formula is C15H22N6O. The summed E-state index contributed by atoms with van der Waals surface area (Å²) in [4.78, 5) is 8.45. The molecule has 0 spiro atoms. The molecule has 0 saturated heterocycles. The third kappa shape index (κ3) is 4.21. The molecule has 0 radical (unpaired) electrons. The van der Waals surface area contributed by atoms with E-state index in [9.17, 15) is 0 Å². The zero-order valence-corrected chi connectivity index (χ0v) is 13.2. The van der Waals surface area contributed by atoms with Crippen LogP contribution in [0, 0.1) is 0 Å². The van der Waals surface area contributed by atoms with Crippen LogP contribution in [0.25, 0.3) is 0 Å². The lowest BCUT2D eigenvalue weighted by molar-refractivity contribution is 0.322. The van der Waals surface area contributed by atoms with Crippen molar-refractivity contribution in [2.45, 2.75) is 20.0 Å². The number of aromatic nitrogens is 3. The first-order valence-corrected chi connectivity index (χ1v) is 7.22. The highest BCUT2D eigenvalue weighted by atomic mass is 16.5. The minimum absolute atomic E-state index is 0.592. The van der Waals surface area contributed by atoms with Gasteiger partial charge in [0.05, 0.1) is 18.8 Å². The average molecular weight is 302 g/mol. The molecule has 0 saturated carbocycles. The van der Waals surface area contributed by atoms with Gasteiger partial charge in [-0.05, 0) is 19.1 Å². The summed E-state index contributed by atoms with van der Waals surface area (Å²) in [6.45, 7) is 3.79. The molecule has 2 rings (SSSR count). The van der Waals surface area contributed by atoms with Crippen LogP contribution in [0.15, 0.2) is 35.6 Å². The lowest BCUT2D eigenvalue weighted by Crippen LogP contribution is -2.36. The number of nitrogens with one attached hydrogen (secondary N) is 2. The molecule has 118 valence electrons. The van der Waals surface area contributed by atoms with Gasteiger partial charge >= 0.3 is 0 Å². The van der Waals surface area contributed by atoms with Crippen LogP contribution in [-0.4, -0.2) is 34.4 Å². The molecule has 0 bridgehead atoms. The Morgan fingerprint density at radius 2 is 2.09 bits per heavy atom. The number of rotatable bonds is 6. The normalized spacial score (nSPS) is 11.3. The second kappa shape index (κ2) is 8.02. The van der Waals surface area contributed by atoms with E-state index in [4.69, 9.17) is 4.74 Å². The molecule has 0 aliphatic heterocycles.